The van der Waals surface area contributed by atoms with Gasteiger partial charge in [-0.15, -0.1) is 23.2 Å². The second kappa shape index (κ2) is 17.9. The first-order chi connectivity index (χ1) is 30.3. The number of carbonyl (C=O) groups excluding carboxylic acids is 2. The number of alkyl halides is 2. The van der Waals surface area contributed by atoms with Crippen molar-refractivity contribution in [3.63, 3.8) is 0 Å². The Morgan fingerprint density at radius 1 is 0.597 bits per heavy atom. The van der Waals surface area contributed by atoms with Gasteiger partial charge in [0.2, 0.25) is 11.8 Å². The Labute approximate surface area is 369 Å². The number of ether oxygens (including phenoxy) is 2. The predicted molar refractivity (Wildman–Crippen MR) is 246 cm³/mol. The molecular weight excluding hydrogens is 821 g/mol. The van der Waals surface area contributed by atoms with Gasteiger partial charge in [-0.25, -0.2) is 0 Å². The number of hydrogen-bond acceptors (Lipinski definition) is 6. The Morgan fingerprint density at radius 3 is 1.40 bits per heavy atom. The molecule has 0 unspecified atom stereocenters. The van der Waals surface area contributed by atoms with E-state index in [4.69, 9.17) is 32.7 Å². The van der Waals surface area contributed by atoms with E-state index < -0.39 is 10.8 Å². The summed E-state index contributed by atoms with van der Waals surface area (Å²) in [5.41, 5.74) is 6.02. The van der Waals surface area contributed by atoms with E-state index in [0.717, 1.165) is 55.2 Å². The Balaban J connectivity index is 1.05. The van der Waals surface area contributed by atoms with Gasteiger partial charge in [0.15, 0.2) is 0 Å². The van der Waals surface area contributed by atoms with Crippen LogP contribution in [-0.2, 0) is 22.8 Å². The summed E-state index contributed by atoms with van der Waals surface area (Å²) in [6.45, 7) is 1.42. The van der Waals surface area contributed by atoms with Crippen molar-refractivity contribution in [3.05, 3.63) is 184 Å². The quantitative estimate of drug-likeness (QED) is 0.0613. The minimum atomic E-state index is -0.615. The van der Waals surface area contributed by atoms with Crippen LogP contribution in [0.1, 0.15) is 58.4 Å². The summed E-state index contributed by atoms with van der Waals surface area (Å²) in [6.07, 6.45) is -0.0678. The van der Waals surface area contributed by atoms with Crippen LogP contribution in [0.5, 0.6) is 11.5 Å². The second-order valence-corrected chi connectivity index (χ2v) is 16.5. The number of hydrogen-bond donors (Lipinski definition) is 0. The molecule has 0 N–H and O–H groups in total. The van der Waals surface area contributed by atoms with Crippen molar-refractivity contribution in [2.75, 3.05) is 34.6 Å². The van der Waals surface area contributed by atoms with Crippen molar-refractivity contribution in [2.45, 2.75) is 43.8 Å². The van der Waals surface area contributed by atoms with E-state index in [9.17, 15) is 19.7 Å². The highest BCUT2D eigenvalue weighted by Gasteiger charge is 2.38. The molecule has 0 spiro atoms. The molecule has 0 saturated heterocycles. The molecule has 0 aromatic heterocycles. The number of carbonyl (C=O) groups is 2. The number of fused-ring (bicyclic) bond motifs is 6. The zero-order valence-corrected chi connectivity index (χ0v) is 35.3. The van der Waals surface area contributed by atoms with Gasteiger partial charge in [-0.05, 0) is 38.6 Å². The minimum absolute atomic E-state index is 0.0339. The Hall–Kier alpha value is -6.42. The standard InChI is InChI=1S/C51H43Cl2N3O6/c52-27-37-29-54(44-25-46(61-31-33-11-3-1-4-12-33)40-15-7-9-17-42(40)50(37)44)48(57)23-36(35-19-21-39(22-20-35)56(59)60)24-49(58)55-30-38(28-53)51-43-18-10-8-16-41(43)47(26-45(51)55)62-32-34-13-5-2-6-14-34/h1-22,25-26,36-38H,23-24,27-32H2/t37-,38-/m1/s1. The van der Waals surface area contributed by atoms with E-state index in [1.807, 2.05) is 121 Å². The highest BCUT2D eigenvalue weighted by atomic mass is 35.5. The zero-order valence-electron chi connectivity index (χ0n) is 33.8. The van der Waals surface area contributed by atoms with Crippen molar-refractivity contribution in [2.24, 2.45) is 0 Å². The highest BCUT2D eigenvalue weighted by Crippen LogP contribution is 2.48. The van der Waals surface area contributed by atoms with E-state index >= 15 is 0 Å². The molecule has 0 fully saturated rings. The molecule has 2 aliphatic heterocycles. The molecule has 0 saturated carbocycles. The summed E-state index contributed by atoms with van der Waals surface area (Å²) >= 11 is 13.3. The van der Waals surface area contributed by atoms with E-state index in [-0.39, 0.29) is 42.2 Å². The number of anilines is 2. The monoisotopic (exact) mass is 863 g/mol. The first-order valence-corrected chi connectivity index (χ1v) is 21.8. The molecule has 0 aliphatic carbocycles. The number of nitro groups is 1. The SMILES string of the molecule is O=C(CC(CC(=O)N1C[C@@H](CCl)c2c1cc(OCc1ccccc1)c1ccccc21)c1ccc([N+](=O)[O-])cc1)N1C[C@@H](CCl)c2c1cc(OCc1ccccc1)c1ccccc21. The number of nitro benzene ring substituents is 1. The average molecular weight is 865 g/mol. The minimum Gasteiger partial charge on any atom is -0.488 e. The summed E-state index contributed by atoms with van der Waals surface area (Å²) in [5.74, 6) is 0.642. The zero-order chi connectivity index (χ0) is 42.7. The molecule has 11 heteroatoms. The molecule has 0 bridgehead atoms. The number of benzene rings is 7. The van der Waals surface area contributed by atoms with Crippen LogP contribution in [-0.4, -0.2) is 41.6 Å². The molecule has 2 atom stereocenters. The maximum absolute atomic E-state index is 14.8. The third kappa shape index (κ3) is 8.06. The fraction of sp³-hybridized carbons (Fsp3) is 0.216. The predicted octanol–water partition coefficient (Wildman–Crippen LogP) is 11.7. The van der Waals surface area contributed by atoms with Crippen LogP contribution in [0.15, 0.2) is 146 Å². The summed E-state index contributed by atoms with van der Waals surface area (Å²) in [5, 5.41) is 15.5. The first-order valence-electron chi connectivity index (χ1n) is 20.7. The number of amides is 2. The maximum atomic E-state index is 14.8. The molecule has 0 radical (unpaired) electrons. The van der Waals surface area contributed by atoms with Gasteiger partial charge >= 0.3 is 0 Å². The number of non-ortho nitro benzene ring substituents is 1. The Morgan fingerprint density at radius 2 is 1.00 bits per heavy atom. The van der Waals surface area contributed by atoms with Crippen LogP contribution < -0.4 is 19.3 Å². The molecule has 2 heterocycles. The molecule has 2 amide bonds. The van der Waals surface area contributed by atoms with Crippen LogP contribution in [0.25, 0.3) is 21.5 Å². The third-order valence-electron chi connectivity index (χ3n) is 12.1. The molecule has 2 aliphatic rings. The summed E-state index contributed by atoms with van der Waals surface area (Å²) in [7, 11) is 0. The van der Waals surface area contributed by atoms with Crippen LogP contribution in [0, 0.1) is 10.1 Å². The van der Waals surface area contributed by atoms with Crippen molar-refractivity contribution >= 4 is 73.6 Å². The topological polar surface area (TPSA) is 102 Å². The molecule has 62 heavy (non-hydrogen) atoms. The first kappa shape index (κ1) is 41.0. The van der Waals surface area contributed by atoms with Gasteiger partial charge in [-0.1, -0.05) is 121 Å². The van der Waals surface area contributed by atoms with Gasteiger partial charge in [0, 0.05) is 90.5 Å². The Bertz CT molecular complexity index is 2620. The van der Waals surface area contributed by atoms with Gasteiger partial charge < -0.3 is 19.3 Å². The maximum Gasteiger partial charge on any atom is 0.269 e. The van der Waals surface area contributed by atoms with E-state index in [0.29, 0.717) is 55.1 Å². The molecule has 9 nitrogen and oxygen atoms in total. The van der Waals surface area contributed by atoms with E-state index in [2.05, 4.69) is 0 Å². The lowest BCUT2D eigenvalue weighted by Crippen LogP contribution is -2.34. The molecule has 312 valence electrons. The highest BCUT2D eigenvalue weighted by molar-refractivity contribution is 6.19. The van der Waals surface area contributed by atoms with Gasteiger partial charge in [0.1, 0.15) is 24.7 Å². The molecule has 7 aromatic carbocycles. The number of rotatable bonds is 14. The van der Waals surface area contributed by atoms with Gasteiger partial charge in [-0.3, -0.25) is 19.7 Å². The fourth-order valence-corrected chi connectivity index (χ4v) is 9.58. The van der Waals surface area contributed by atoms with Gasteiger partial charge in [-0.2, -0.15) is 0 Å². The van der Waals surface area contributed by atoms with Crippen LogP contribution in [0.4, 0.5) is 17.1 Å². The van der Waals surface area contributed by atoms with Crippen molar-refractivity contribution < 1.29 is 24.0 Å². The normalized spacial score (nSPS) is 15.5. The van der Waals surface area contributed by atoms with Gasteiger partial charge in [0.05, 0.1) is 16.3 Å². The van der Waals surface area contributed by atoms with Gasteiger partial charge in [0.25, 0.3) is 5.69 Å². The average Bonchev–Trinajstić information content (AvgIpc) is 3.89. The van der Waals surface area contributed by atoms with Crippen molar-refractivity contribution in [3.8, 4) is 11.5 Å². The molecular formula is C51H43Cl2N3O6. The van der Waals surface area contributed by atoms with Crippen LogP contribution in [0.2, 0.25) is 0 Å². The lowest BCUT2D eigenvalue weighted by Gasteiger charge is -2.25. The largest absolute Gasteiger partial charge is 0.488 e. The number of nitrogens with zero attached hydrogens (tertiary/aromatic N) is 3. The number of halogens is 2. The van der Waals surface area contributed by atoms with Crippen LogP contribution in [0.3, 0.4) is 0 Å². The fourth-order valence-electron chi connectivity index (χ4n) is 9.08. The second-order valence-electron chi connectivity index (χ2n) is 15.9. The third-order valence-corrected chi connectivity index (χ3v) is 12.9. The van der Waals surface area contributed by atoms with E-state index in [1.54, 1.807) is 21.9 Å². The lowest BCUT2D eigenvalue weighted by molar-refractivity contribution is -0.384. The van der Waals surface area contributed by atoms with Crippen LogP contribution >= 0.6 is 23.2 Å². The lowest BCUT2D eigenvalue weighted by atomic mass is 9.91. The van der Waals surface area contributed by atoms with Crippen molar-refractivity contribution in [1.82, 2.24) is 0 Å². The smallest absolute Gasteiger partial charge is 0.269 e. The Kier molecular flexibility index (Phi) is 11.8. The summed E-state index contributed by atoms with van der Waals surface area (Å²) < 4.78 is 12.9. The molecule has 7 aromatic rings. The van der Waals surface area contributed by atoms with Crippen molar-refractivity contribution in [1.29, 1.82) is 0 Å². The molecule has 9 rings (SSSR count). The van der Waals surface area contributed by atoms with E-state index in [1.165, 1.54) is 12.1 Å². The summed E-state index contributed by atoms with van der Waals surface area (Å²) in [6, 6.07) is 45.9. The summed E-state index contributed by atoms with van der Waals surface area (Å²) in [4.78, 5) is 44.4.